The molecule has 0 N–H and O–H groups in total. The minimum absolute atomic E-state index is 0.101. The fourth-order valence-corrected chi connectivity index (χ4v) is 5.30. The van der Waals surface area contributed by atoms with Gasteiger partial charge in [-0.05, 0) is 31.6 Å². The van der Waals surface area contributed by atoms with Gasteiger partial charge in [0.15, 0.2) is 0 Å². The number of hydrogen-bond donors (Lipinski definition) is 0. The number of ether oxygens (including phenoxy) is 1. The van der Waals surface area contributed by atoms with Gasteiger partial charge in [-0.1, -0.05) is 13.8 Å². The van der Waals surface area contributed by atoms with E-state index >= 15 is 0 Å². The van der Waals surface area contributed by atoms with Gasteiger partial charge in [0.05, 0.1) is 11.7 Å². The Hall–Kier alpha value is -2.22. The van der Waals surface area contributed by atoms with Crippen molar-refractivity contribution in [1.29, 1.82) is 0 Å². The second kappa shape index (κ2) is 7.23. The number of hydrazone groups is 1. The third-order valence-electron chi connectivity index (χ3n) is 6.78. The van der Waals surface area contributed by atoms with Crippen molar-refractivity contribution in [3.05, 3.63) is 17.0 Å². The molecule has 1 aromatic rings. The first kappa shape index (κ1) is 18.8. The maximum atomic E-state index is 5.60. The van der Waals surface area contributed by atoms with Crippen molar-refractivity contribution >= 4 is 18.0 Å². The highest BCUT2D eigenvalue weighted by Gasteiger charge is 2.46. The third kappa shape index (κ3) is 3.08. The molecule has 4 aliphatic heterocycles. The summed E-state index contributed by atoms with van der Waals surface area (Å²) < 4.78 is 7.68. The monoisotopic (exact) mass is 397 g/mol. The highest BCUT2D eigenvalue weighted by Crippen LogP contribution is 2.35. The highest BCUT2D eigenvalue weighted by molar-refractivity contribution is 6.00. The SMILES string of the molecule is CC1=NC(C2CCOCC2)C2C(N3CCc4c(c(C(C)C)nn4C)C3)=NC=NN12. The van der Waals surface area contributed by atoms with Crippen LogP contribution in [-0.2, 0) is 24.8 Å². The van der Waals surface area contributed by atoms with E-state index in [4.69, 9.17) is 19.8 Å². The smallest absolute Gasteiger partial charge is 0.138 e. The normalized spacial score (nSPS) is 27.2. The molecule has 8 nitrogen and oxygen atoms in total. The maximum Gasteiger partial charge on any atom is 0.138 e. The molecule has 8 heteroatoms. The van der Waals surface area contributed by atoms with Crippen LogP contribution in [0.15, 0.2) is 15.1 Å². The summed E-state index contributed by atoms with van der Waals surface area (Å²) in [6.07, 6.45) is 4.82. The van der Waals surface area contributed by atoms with Crippen LogP contribution in [0.5, 0.6) is 0 Å². The van der Waals surface area contributed by atoms with Crippen molar-refractivity contribution in [3.63, 3.8) is 0 Å². The molecule has 5 rings (SSSR count). The summed E-state index contributed by atoms with van der Waals surface area (Å²) in [6, 6.07) is 0.304. The van der Waals surface area contributed by atoms with Crippen LogP contribution in [0, 0.1) is 5.92 Å². The molecule has 0 amide bonds. The Kier molecular flexibility index (Phi) is 4.69. The summed E-state index contributed by atoms with van der Waals surface area (Å²) in [6.45, 7) is 10.0. The van der Waals surface area contributed by atoms with E-state index in [0.717, 1.165) is 57.2 Å². The van der Waals surface area contributed by atoms with Crippen LogP contribution in [0.2, 0.25) is 0 Å². The fraction of sp³-hybridized carbons (Fsp3) is 0.714. The molecule has 5 heterocycles. The number of amidine groups is 2. The van der Waals surface area contributed by atoms with Crippen molar-refractivity contribution in [1.82, 2.24) is 19.7 Å². The molecule has 1 fully saturated rings. The van der Waals surface area contributed by atoms with Crippen molar-refractivity contribution in [2.24, 2.45) is 28.1 Å². The van der Waals surface area contributed by atoms with Crippen LogP contribution in [0.4, 0.5) is 0 Å². The quantitative estimate of drug-likeness (QED) is 0.767. The van der Waals surface area contributed by atoms with Gasteiger partial charge in [-0.3, -0.25) is 9.67 Å². The average molecular weight is 398 g/mol. The first-order valence-electron chi connectivity index (χ1n) is 10.9. The second-order valence-corrected chi connectivity index (χ2v) is 8.88. The van der Waals surface area contributed by atoms with Crippen molar-refractivity contribution in [2.75, 3.05) is 19.8 Å². The third-order valence-corrected chi connectivity index (χ3v) is 6.78. The first-order chi connectivity index (χ1) is 14.0. The molecule has 2 atom stereocenters. The summed E-state index contributed by atoms with van der Waals surface area (Å²) in [5.41, 5.74) is 3.96. The van der Waals surface area contributed by atoms with Gasteiger partial charge in [-0.15, -0.1) is 0 Å². The van der Waals surface area contributed by atoms with E-state index in [1.807, 2.05) is 0 Å². The van der Waals surface area contributed by atoms with E-state index in [9.17, 15) is 0 Å². The molecule has 29 heavy (non-hydrogen) atoms. The van der Waals surface area contributed by atoms with E-state index in [1.54, 1.807) is 6.34 Å². The summed E-state index contributed by atoms with van der Waals surface area (Å²) in [5.74, 6) is 3.05. The Morgan fingerprint density at radius 1 is 1.21 bits per heavy atom. The molecule has 2 unspecified atom stereocenters. The van der Waals surface area contributed by atoms with Crippen LogP contribution >= 0.6 is 0 Å². The van der Waals surface area contributed by atoms with Gasteiger partial charge in [0.25, 0.3) is 0 Å². The molecule has 1 aromatic heterocycles. The fourth-order valence-electron chi connectivity index (χ4n) is 5.30. The van der Waals surface area contributed by atoms with Crippen molar-refractivity contribution in [3.8, 4) is 0 Å². The molecule has 0 bridgehead atoms. The zero-order valence-electron chi connectivity index (χ0n) is 17.9. The first-order valence-corrected chi connectivity index (χ1v) is 10.9. The van der Waals surface area contributed by atoms with E-state index < -0.39 is 0 Å². The summed E-state index contributed by atoms with van der Waals surface area (Å²) in [7, 11) is 2.07. The summed E-state index contributed by atoms with van der Waals surface area (Å²) >= 11 is 0. The lowest BCUT2D eigenvalue weighted by atomic mass is 9.86. The van der Waals surface area contributed by atoms with Crippen molar-refractivity contribution < 1.29 is 4.74 Å². The Bertz CT molecular complexity index is 878. The van der Waals surface area contributed by atoms with E-state index in [0.29, 0.717) is 11.8 Å². The lowest BCUT2D eigenvalue weighted by molar-refractivity contribution is 0.0551. The molecule has 0 saturated carbocycles. The molecule has 0 radical (unpaired) electrons. The Morgan fingerprint density at radius 3 is 2.76 bits per heavy atom. The van der Waals surface area contributed by atoms with Crippen molar-refractivity contribution in [2.45, 2.75) is 64.6 Å². The van der Waals surface area contributed by atoms with Crippen LogP contribution in [0.1, 0.15) is 56.5 Å². The van der Waals surface area contributed by atoms with Crippen LogP contribution in [-0.4, -0.2) is 69.5 Å². The van der Waals surface area contributed by atoms with E-state index in [2.05, 4.69) is 47.5 Å². The molecule has 1 saturated heterocycles. The molecule has 156 valence electrons. The number of aliphatic imine (C=N–C) groups is 2. The van der Waals surface area contributed by atoms with Crippen LogP contribution in [0.25, 0.3) is 0 Å². The molecular weight excluding hydrogens is 366 g/mol. The van der Waals surface area contributed by atoms with Gasteiger partial charge in [-0.25, -0.2) is 10.0 Å². The van der Waals surface area contributed by atoms with Gasteiger partial charge >= 0.3 is 0 Å². The number of fused-ring (bicyclic) bond motifs is 2. The van der Waals surface area contributed by atoms with Gasteiger partial charge in [0, 0.05) is 51.0 Å². The van der Waals surface area contributed by atoms with E-state index in [-0.39, 0.29) is 12.1 Å². The molecule has 0 spiro atoms. The zero-order valence-corrected chi connectivity index (χ0v) is 17.9. The van der Waals surface area contributed by atoms with E-state index in [1.165, 1.54) is 17.0 Å². The predicted octanol–water partition coefficient (Wildman–Crippen LogP) is 2.15. The van der Waals surface area contributed by atoms with Gasteiger partial charge in [0.1, 0.15) is 24.1 Å². The minimum atomic E-state index is 0.101. The summed E-state index contributed by atoms with van der Waals surface area (Å²) in [5, 5.41) is 11.5. The second-order valence-electron chi connectivity index (χ2n) is 8.88. The van der Waals surface area contributed by atoms with Gasteiger partial charge < -0.3 is 9.64 Å². The lowest BCUT2D eigenvalue weighted by Crippen LogP contribution is -2.54. The van der Waals surface area contributed by atoms with Crippen LogP contribution in [0.3, 0.4) is 0 Å². The Balaban J connectivity index is 1.45. The molecule has 0 aliphatic carbocycles. The molecule has 0 aromatic carbocycles. The average Bonchev–Trinajstić information content (AvgIpc) is 3.26. The standard InChI is InChI=1S/C21H31N7O/c1-13(2)18-16-11-27(8-5-17(16)26(4)25-18)21-20-19(15-6-9-29-10-7-15)24-14(3)28(20)23-12-22-21/h12-13,15,19-20H,5-11H2,1-4H3. The largest absolute Gasteiger partial charge is 0.381 e. The van der Waals surface area contributed by atoms with Crippen LogP contribution < -0.4 is 0 Å². The summed E-state index contributed by atoms with van der Waals surface area (Å²) in [4.78, 5) is 12.3. The highest BCUT2D eigenvalue weighted by atomic mass is 16.5. The zero-order chi connectivity index (χ0) is 20.1. The minimum Gasteiger partial charge on any atom is -0.381 e. The Morgan fingerprint density at radius 2 is 2.00 bits per heavy atom. The maximum absolute atomic E-state index is 5.60. The molecular formula is C21H31N7O. The number of nitrogens with zero attached hydrogens (tertiary/aromatic N) is 7. The number of aromatic nitrogens is 2. The van der Waals surface area contributed by atoms with Gasteiger partial charge in [-0.2, -0.15) is 10.2 Å². The Labute approximate surface area is 172 Å². The topological polar surface area (TPSA) is 70.6 Å². The number of aryl methyl sites for hydroxylation is 1. The predicted molar refractivity (Wildman–Crippen MR) is 113 cm³/mol. The lowest BCUT2D eigenvalue weighted by Gasteiger charge is -2.39. The molecule has 4 aliphatic rings. The van der Waals surface area contributed by atoms with Gasteiger partial charge in [0.2, 0.25) is 0 Å². The number of rotatable bonds is 2. The number of hydrogen-bond acceptors (Lipinski definition) is 7.